The van der Waals surface area contributed by atoms with Gasteiger partial charge >= 0.3 is 7.82 Å². The monoisotopic (exact) mass is 603 g/mol. The molecule has 3 N–H and O–H groups in total. The molecule has 0 bridgehead atoms. The maximum atomic E-state index is 12.6. The highest BCUT2D eigenvalue weighted by atomic mass is 31.2. The van der Waals surface area contributed by atoms with E-state index in [0.717, 1.165) is 36.1 Å². The van der Waals surface area contributed by atoms with Crippen molar-refractivity contribution in [3.63, 3.8) is 0 Å². The van der Waals surface area contributed by atoms with Crippen LogP contribution in [0, 0.1) is 0 Å². The predicted molar refractivity (Wildman–Crippen MR) is 170 cm³/mol. The SMILES string of the molecule is CCCCCCCCCCCCCCCCCC(=O)N[C@H](COP(=O)(O)O)Cc1ccc(OCc2ccccc2)cc1. The molecule has 0 fully saturated rings. The van der Waals surface area contributed by atoms with Crippen LogP contribution in [0.15, 0.2) is 54.6 Å². The quantitative estimate of drug-likeness (QED) is 0.0775. The zero-order valence-corrected chi connectivity index (χ0v) is 26.6. The van der Waals surface area contributed by atoms with Gasteiger partial charge in [0.05, 0.1) is 12.6 Å². The normalized spacial score (nSPS) is 12.3. The number of carbonyl (C=O) groups is 1. The molecule has 0 aliphatic carbocycles. The van der Waals surface area contributed by atoms with E-state index in [1.165, 1.54) is 77.0 Å². The topological polar surface area (TPSA) is 105 Å². The smallest absolute Gasteiger partial charge is 0.469 e. The number of unbranched alkanes of at least 4 members (excludes halogenated alkanes) is 14. The molecule has 1 atom stereocenters. The first kappa shape index (κ1) is 36.0. The number of rotatable bonds is 25. The van der Waals surface area contributed by atoms with E-state index in [0.29, 0.717) is 19.4 Å². The Labute approximate surface area is 254 Å². The summed E-state index contributed by atoms with van der Waals surface area (Å²) in [6.45, 7) is 2.46. The highest BCUT2D eigenvalue weighted by Crippen LogP contribution is 2.35. The number of nitrogens with one attached hydrogen (secondary N) is 1. The minimum Gasteiger partial charge on any atom is -0.489 e. The van der Waals surface area contributed by atoms with Crippen LogP contribution in [-0.4, -0.2) is 28.3 Å². The molecule has 0 aromatic heterocycles. The Morgan fingerprint density at radius 2 is 1.26 bits per heavy atom. The highest BCUT2D eigenvalue weighted by molar-refractivity contribution is 7.46. The molecular formula is C34H54NO6P. The molecule has 236 valence electrons. The highest BCUT2D eigenvalue weighted by Gasteiger charge is 2.20. The van der Waals surface area contributed by atoms with Gasteiger partial charge in [-0.05, 0) is 36.1 Å². The van der Waals surface area contributed by atoms with Crippen LogP contribution in [0.3, 0.4) is 0 Å². The van der Waals surface area contributed by atoms with Crippen LogP contribution in [0.4, 0.5) is 0 Å². The summed E-state index contributed by atoms with van der Waals surface area (Å²) in [5.74, 6) is 0.606. The zero-order chi connectivity index (χ0) is 30.3. The Balaban J connectivity index is 1.61. The van der Waals surface area contributed by atoms with Crippen molar-refractivity contribution in [1.29, 1.82) is 0 Å². The Morgan fingerprint density at radius 3 is 1.79 bits per heavy atom. The predicted octanol–water partition coefficient (Wildman–Crippen LogP) is 8.66. The number of ether oxygens (including phenoxy) is 1. The van der Waals surface area contributed by atoms with Gasteiger partial charge in [0, 0.05) is 6.42 Å². The number of carbonyl (C=O) groups excluding carboxylic acids is 1. The van der Waals surface area contributed by atoms with Gasteiger partial charge in [0.2, 0.25) is 5.91 Å². The van der Waals surface area contributed by atoms with Crippen LogP contribution in [-0.2, 0) is 26.9 Å². The maximum Gasteiger partial charge on any atom is 0.469 e. The Hall–Kier alpha value is -2.18. The maximum absolute atomic E-state index is 12.6. The first-order valence-electron chi connectivity index (χ1n) is 16.1. The molecule has 0 spiro atoms. The second-order valence-electron chi connectivity index (χ2n) is 11.4. The van der Waals surface area contributed by atoms with Gasteiger partial charge in [-0.2, -0.15) is 0 Å². The van der Waals surface area contributed by atoms with E-state index < -0.39 is 13.9 Å². The van der Waals surface area contributed by atoms with E-state index in [4.69, 9.17) is 19.0 Å². The van der Waals surface area contributed by atoms with Crippen LogP contribution in [0.2, 0.25) is 0 Å². The van der Waals surface area contributed by atoms with E-state index in [1.54, 1.807) is 0 Å². The number of benzene rings is 2. The summed E-state index contributed by atoms with van der Waals surface area (Å²) in [4.78, 5) is 30.9. The molecule has 1 amide bonds. The number of phosphoric acid groups is 1. The molecule has 2 rings (SSSR count). The van der Waals surface area contributed by atoms with Gasteiger partial charge in [0.1, 0.15) is 12.4 Å². The molecule has 2 aromatic rings. The Morgan fingerprint density at radius 1 is 0.738 bits per heavy atom. The molecule has 0 saturated heterocycles. The lowest BCUT2D eigenvalue weighted by atomic mass is 10.0. The lowest BCUT2D eigenvalue weighted by molar-refractivity contribution is -0.122. The van der Waals surface area contributed by atoms with Gasteiger partial charge in [-0.25, -0.2) is 4.57 Å². The van der Waals surface area contributed by atoms with E-state index in [2.05, 4.69) is 12.2 Å². The lowest BCUT2D eigenvalue weighted by Crippen LogP contribution is -2.39. The number of phosphoric ester groups is 1. The first-order valence-corrected chi connectivity index (χ1v) is 17.6. The number of hydrogen-bond acceptors (Lipinski definition) is 4. The second kappa shape index (κ2) is 22.4. The zero-order valence-electron chi connectivity index (χ0n) is 25.7. The van der Waals surface area contributed by atoms with Crippen LogP contribution in [0.5, 0.6) is 5.75 Å². The van der Waals surface area contributed by atoms with Crippen LogP contribution < -0.4 is 10.1 Å². The van der Waals surface area contributed by atoms with Gasteiger partial charge in [0.25, 0.3) is 0 Å². The molecule has 2 aromatic carbocycles. The Bertz CT molecular complexity index is 995. The van der Waals surface area contributed by atoms with Gasteiger partial charge in [-0.1, -0.05) is 139 Å². The number of amides is 1. The summed E-state index contributed by atoms with van der Waals surface area (Å²) in [6.07, 6.45) is 19.8. The largest absolute Gasteiger partial charge is 0.489 e. The average molecular weight is 604 g/mol. The molecule has 42 heavy (non-hydrogen) atoms. The fraction of sp³-hybridized carbons (Fsp3) is 0.618. The minimum absolute atomic E-state index is 0.119. The van der Waals surface area contributed by atoms with Crippen molar-refractivity contribution in [2.45, 2.75) is 129 Å². The van der Waals surface area contributed by atoms with Crippen molar-refractivity contribution in [3.8, 4) is 5.75 Å². The molecular weight excluding hydrogens is 549 g/mol. The first-order chi connectivity index (χ1) is 20.4. The Kier molecular flexibility index (Phi) is 19.2. The molecule has 7 nitrogen and oxygen atoms in total. The third-order valence-corrected chi connectivity index (χ3v) is 7.96. The van der Waals surface area contributed by atoms with E-state index in [-0.39, 0.29) is 12.5 Å². The van der Waals surface area contributed by atoms with Gasteiger partial charge in [-0.3, -0.25) is 9.32 Å². The summed E-state index contributed by atoms with van der Waals surface area (Å²) >= 11 is 0. The van der Waals surface area contributed by atoms with E-state index >= 15 is 0 Å². The van der Waals surface area contributed by atoms with E-state index in [1.807, 2.05) is 54.6 Å². The van der Waals surface area contributed by atoms with E-state index in [9.17, 15) is 9.36 Å². The standard InChI is InChI=1S/C34H54NO6P/c1-2-3-4-5-6-7-8-9-10-11-12-13-14-15-19-22-34(36)35-32(29-41-42(37,38)39)27-30-23-25-33(26-24-30)40-28-31-20-17-16-18-21-31/h16-18,20-21,23-26,32H,2-15,19,22,27-29H2,1H3,(H,35,36)(H2,37,38,39)/t32-/m0/s1. The average Bonchev–Trinajstić information content (AvgIpc) is 2.97. The minimum atomic E-state index is -4.64. The molecule has 0 unspecified atom stereocenters. The molecule has 0 saturated carbocycles. The van der Waals surface area contributed by atoms with Crippen LogP contribution >= 0.6 is 7.82 Å². The molecule has 0 heterocycles. The number of hydrogen-bond donors (Lipinski definition) is 3. The summed E-state index contributed by atoms with van der Waals surface area (Å²) in [5.41, 5.74) is 1.99. The molecule has 0 aliphatic rings. The second-order valence-corrected chi connectivity index (χ2v) is 12.6. The lowest BCUT2D eigenvalue weighted by Gasteiger charge is -2.19. The third kappa shape index (κ3) is 19.1. The van der Waals surface area contributed by atoms with Gasteiger partial charge in [-0.15, -0.1) is 0 Å². The molecule has 0 radical (unpaired) electrons. The summed E-state index contributed by atoms with van der Waals surface area (Å²) in [7, 11) is -4.64. The molecule has 8 heteroatoms. The van der Waals surface area contributed by atoms with Crippen molar-refractivity contribution >= 4 is 13.7 Å². The fourth-order valence-electron chi connectivity index (χ4n) is 5.04. The van der Waals surface area contributed by atoms with Crippen molar-refractivity contribution in [2.24, 2.45) is 0 Å². The summed E-state index contributed by atoms with van der Waals surface area (Å²) in [5, 5.41) is 2.91. The van der Waals surface area contributed by atoms with Crippen molar-refractivity contribution in [3.05, 3.63) is 65.7 Å². The summed E-state index contributed by atoms with van der Waals surface area (Å²) < 4.78 is 21.8. The fourth-order valence-corrected chi connectivity index (χ4v) is 5.42. The third-order valence-electron chi connectivity index (χ3n) is 7.47. The summed E-state index contributed by atoms with van der Waals surface area (Å²) in [6, 6.07) is 16.9. The van der Waals surface area contributed by atoms with Crippen molar-refractivity contribution < 1.29 is 28.4 Å². The molecule has 0 aliphatic heterocycles. The van der Waals surface area contributed by atoms with Crippen molar-refractivity contribution in [1.82, 2.24) is 5.32 Å². The van der Waals surface area contributed by atoms with Crippen LogP contribution in [0.1, 0.15) is 121 Å². The van der Waals surface area contributed by atoms with Crippen molar-refractivity contribution in [2.75, 3.05) is 6.61 Å². The van der Waals surface area contributed by atoms with Gasteiger partial charge < -0.3 is 19.8 Å². The van der Waals surface area contributed by atoms with Crippen LogP contribution in [0.25, 0.3) is 0 Å². The van der Waals surface area contributed by atoms with Gasteiger partial charge in [0.15, 0.2) is 0 Å².